The van der Waals surface area contributed by atoms with Crippen molar-refractivity contribution >= 4 is 35.1 Å². The van der Waals surface area contributed by atoms with Crippen LogP contribution in [0, 0.1) is 0 Å². The molecule has 2 aromatic carbocycles. The van der Waals surface area contributed by atoms with Gasteiger partial charge in [-0.25, -0.2) is 0 Å². The van der Waals surface area contributed by atoms with Crippen LogP contribution in [0.4, 0.5) is 5.69 Å². The third-order valence-electron chi connectivity index (χ3n) is 6.50. The molecular weight excluding hydrogens is 510 g/mol. The van der Waals surface area contributed by atoms with Crippen molar-refractivity contribution in [3.63, 3.8) is 0 Å². The molecule has 1 saturated heterocycles. The van der Waals surface area contributed by atoms with Crippen molar-refractivity contribution in [1.82, 2.24) is 10.2 Å². The summed E-state index contributed by atoms with van der Waals surface area (Å²) in [7, 11) is 0. The lowest BCUT2D eigenvalue weighted by molar-refractivity contribution is -0.143. The number of likely N-dealkylation sites (tertiary alicyclic amines) is 1. The van der Waals surface area contributed by atoms with Gasteiger partial charge in [0.1, 0.15) is 5.75 Å². The van der Waals surface area contributed by atoms with Crippen LogP contribution in [-0.2, 0) is 33.8 Å². The second-order valence-corrected chi connectivity index (χ2v) is 9.73. The van der Waals surface area contributed by atoms with E-state index in [1.165, 1.54) is 17.5 Å². The molecule has 1 amide bonds. The van der Waals surface area contributed by atoms with Gasteiger partial charge in [-0.15, -0.1) is 0 Å². The van der Waals surface area contributed by atoms with Gasteiger partial charge in [-0.2, -0.15) is 0 Å². The number of amides is 1. The van der Waals surface area contributed by atoms with Crippen LogP contribution in [0.5, 0.6) is 5.75 Å². The van der Waals surface area contributed by atoms with Crippen molar-refractivity contribution < 1.29 is 29.3 Å². The van der Waals surface area contributed by atoms with Crippen LogP contribution in [0.1, 0.15) is 48.8 Å². The monoisotopic (exact) mass is 545 g/mol. The van der Waals surface area contributed by atoms with Gasteiger partial charge in [-0.1, -0.05) is 29.8 Å². The van der Waals surface area contributed by atoms with Gasteiger partial charge < -0.3 is 30.5 Å². The Kier molecular flexibility index (Phi) is 11.7. The number of rotatable bonds is 9. The molecule has 206 valence electrons. The second-order valence-electron chi connectivity index (χ2n) is 9.33. The molecule has 2 aliphatic heterocycles. The smallest absolute Gasteiger partial charge is 0.303 e. The van der Waals surface area contributed by atoms with Crippen LogP contribution < -0.4 is 15.4 Å². The second kappa shape index (κ2) is 15.2. The third kappa shape index (κ3) is 9.54. The Morgan fingerprint density at radius 3 is 2.24 bits per heavy atom. The zero-order valence-electron chi connectivity index (χ0n) is 21.5. The van der Waals surface area contributed by atoms with Gasteiger partial charge in [-0.3, -0.25) is 14.4 Å². The van der Waals surface area contributed by atoms with E-state index in [1.54, 1.807) is 0 Å². The van der Waals surface area contributed by atoms with Gasteiger partial charge in [0.2, 0.25) is 0 Å². The summed E-state index contributed by atoms with van der Waals surface area (Å²) in [5.41, 5.74) is 4.88. The van der Waals surface area contributed by atoms with Crippen LogP contribution in [0.15, 0.2) is 36.4 Å². The van der Waals surface area contributed by atoms with E-state index in [-0.39, 0.29) is 25.4 Å². The van der Waals surface area contributed by atoms with E-state index in [0.29, 0.717) is 6.54 Å². The first-order valence-electron chi connectivity index (χ1n) is 13.0. The minimum Gasteiger partial charge on any atom is -0.484 e. The van der Waals surface area contributed by atoms with Gasteiger partial charge >= 0.3 is 11.9 Å². The number of hydrogen-bond donors (Lipinski definition) is 4. The summed E-state index contributed by atoms with van der Waals surface area (Å²) < 4.78 is 5.71. The highest BCUT2D eigenvalue weighted by Gasteiger charge is 2.17. The third-order valence-corrected chi connectivity index (χ3v) is 6.81. The number of aliphatic carboxylic acids is 2. The molecular formula is C28H36ClN3O6. The molecule has 9 nitrogen and oxygen atoms in total. The number of carbonyl (C=O) groups excluding carboxylic acids is 1. The number of fused-ring (bicyclic) bond motifs is 1. The van der Waals surface area contributed by atoms with E-state index in [0.717, 1.165) is 73.9 Å². The molecule has 0 unspecified atom stereocenters. The summed E-state index contributed by atoms with van der Waals surface area (Å²) in [5, 5.41) is 23.6. The summed E-state index contributed by atoms with van der Waals surface area (Å²) in [5.74, 6) is -1.35. The number of anilines is 1. The van der Waals surface area contributed by atoms with E-state index in [9.17, 15) is 14.4 Å². The number of nitrogens with zero attached hydrogens (tertiary/aromatic N) is 1. The number of carbonyl (C=O) groups is 3. The van der Waals surface area contributed by atoms with E-state index in [1.807, 2.05) is 35.2 Å². The van der Waals surface area contributed by atoms with Crippen molar-refractivity contribution in [3.8, 4) is 5.75 Å². The minimum absolute atomic E-state index is 0.0781. The molecule has 0 aromatic heterocycles. The van der Waals surface area contributed by atoms with Crippen molar-refractivity contribution in [2.45, 2.75) is 51.5 Å². The summed E-state index contributed by atoms with van der Waals surface area (Å²) in [6.07, 6.45) is 4.83. The molecule has 0 radical (unpaired) electrons. The van der Waals surface area contributed by atoms with Crippen molar-refractivity contribution in [3.05, 3.63) is 58.1 Å². The maximum atomic E-state index is 12.2. The first kappa shape index (κ1) is 29.3. The highest BCUT2D eigenvalue weighted by Crippen LogP contribution is 2.31. The highest BCUT2D eigenvalue weighted by molar-refractivity contribution is 6.33. The number of piperidine rings is 1. The number of nitrogens with one attached hydrogen (secondary N) is 2. The first-order chi connectivity index (χ1) is 18.3. The van der Waals surface area contributed by atoms with Crippen LogP contribution >= 0.6 is 11.6 Å². The zero-order chi connectivity index (χ0) is 27.3. The number of benzene rings is 2. The van der Waals surface area contributed by atoms with Crippen LogP contribution in [0.3, 0.4) is 0 Å². The Morgan fingerprint density at radius 2 is 1.58 bits per heavy atom. The lowest BCUT2D eigenvalue weighted by Gasteiger charge is -2.26. The lowest BCUT2D eigenvalue weighted by atomic mass is 10.0. The Hall–Kier alpha value is -3.30. The lowest BCUT2D eigenvalue weighted by Crippen LogP contribution is -2.38. The Labute approximate surface area is 228 Å². The van der Waals surface area contributed by atoms with E-state index in [4.69, 9.17) is 26.6 Å². The van der Waals surface area contributed by atoms with Gasteiger partial charge in [0.05, 0.1) is 23.6 Å². The van der Waals surface area contributed by atoms with Crippen LogP contribution in [0.25, 0.3) is 0 Å². The summed E-state index contributed by atoms with van der Waals surface area (Å²) in [4.78, 5) is 33.4. The molecule has 0 saturated carbocycles. The molecule has 4 rings (SSSR count). The molecule has 4 N–H and O–H groups in total. The van der Waals surface area contributed by atoms with Crippen molar-refractivity contribution in [2.24, 2.45) is 0 Å². The van der Waals surface area contributed by atoms with Crippen LogP contribution in [-0.4, -0.2) is 65.7 Å². The first-order valence-corrected chi connectivity index (χ1v) is 13.4. The Bertz CT molecular complexity index is 1070. The minimum atomic E-state index is -1.08. The molecule has 2 heterocycles. The fourth-order valence-electron chi connectivity index (χ4n) is 4.42. The molecule has 0 atom stereocenters. The SMILES string of the molecule is O=C(COc1ccc(CNc2c(Cl)ccc3c2CCNCC3)cc1)N1CCCCC1.O=C(O)CCC(=O)O. The van der Waals surface area contributed by atoms with Gasteiger partial charge in [0.25, 0.3) is 5.91 Å². The maximum absolute atomic E-state index is 12.2. The van der Waals surface area contributed by atoms with E-state index >= 15 is 0 Å². The van der Waals surface area contributed by atoms with E-state index < -0.39 is 11.9 Å². The molecule has 1 fully saturated rings. The molecule has 0 aliphatic carbocycles. The predicted octanol–water partition coefficient (Wildman–Crippen LogP) is 3.97. The molecule has 10 heteroatoms. The molecule has 0 spiro atoms. The fraction of sp³-hybridized carbons (Fsp3) is 0.464. The number of hydrogen-bond acceptors (Lipinski definition) is 6. The topological polar surface area (TPSA) is 128 Å². The average molecular weight is 546 g/mol. The molecule has 2 aromatic rings. The number of halogens is 1. The molecule has 0 bridgehead atoms. The number of carboxylic acid groups (broad SMARTS) is 2. The fourth-order valence-corrected chi connectivity index (χ4v) is 4.67. The summed E-state index contributed by atoms with van der Waals surface area (Å²) in [6, 6.07) is 12.1. The van der Waals surface area contributed by atoms with Gasteiger partial charge in [-0.05, 0) is 80.1 Å². The quantitative estimate of drug-likeness (QED) is 0.373. The normalized spacial score (nSPS) is 14.8. The zero-order valence-corrected chi connectivity index (χ0v) is 22.3. The van der Waals surface area contributed by atoms with Crippen molar-refractivity contribution in [2.75, 3.05) is 38.1 Å². The number of carboxylic acids is 2. The standard InChI is InChI=1S/C24H30ClN3O2.C4H6O4/c25-22-9-6-19-10-12-26-13-11-21(19)24(22)27-16-18-4-7-20(8-5-18)30-17-23(29)28-14-2-1-3-15-28;5-3(6)1-2-4(7)8/h4-9,26-27H,1-3,10-17H2;1-2H2,(H,5,6)(H,7,8). The summed E-state index contributed by atoms with van der Waals surface area (Å²) in [6.45, 7) is 4.50. The van der Waals surface area contributed by atoms with Crippen molar-refractivity contribution in [1.29, 1.82) is 0 Å². The summed E-state index contributed by atoms with van der Waals surface area (Å²) >= 11 is 6.50. The average Bonchev–Trinajstić information content (AvgIpc) is 3.17. The Morgan fingerprint density at radius 1 is 0.921 bits per heavy atom. The maximum Gasteiger partial charge on any atom is 0.303 e. The highest BCUT2D eigenvalue weighted by atomic mass is 35.5. The van der Waals surface area contributed by atoms with Gasteiger partial charge in [0.15, 0.2) is 6.61 Å². The Balaban J connectivity index is 0.000000436. The molecule has 2 aliphatic rings. The van der Waals surface area contributed by atoms with Gasteiger partial charge in [0, 0.05) is 19.6 Å². The number of ether oxygens (including phenoxy) is 1. The predicted molar refractivity (Wildman–Crippen MR) is 146 cm³/mol. The largest absolute Gasteiger partial charge is 0.484 e. The van der Waals surface area contributed by atoms with E-state index in [2.05, 4.69) is 16.7 Å². The molecule has 38 heavy (non-hydrogen) atoms. The van der Waals surface area contributed by atoms with Crippen LogP contribution in [0.2, 0.25) is 5.02 Å².